The Morgan fingerprint density at radius 2 is 1.58 bits per heavy atom. The molecule has 0 aliphatic rings. The Balaban J connectivity index is 1.64. The van der Waals surface area contributed by atoms with Gasteiger partial charge in [-0.05, 0) is 18.2 Å². The van der Waals surface area contributed by atoms with Crippen LogP contribution in [0.25, 0.3) is 22.3 Å². The van der Waals surface area contributed by atoms with Crippen LogP contribution in [-0.2, 0) is 13.6 Å². The number of benzene rings is 2. The van der Waals surface area contributed by atoms with Crippen molar-refractivity contribution >= 4 is 22.4 Å². The molecule has 0 aliphatic heterocycles. The van der Waals surface area contributed by atoms with Crippen LogP contribution >= 0.6 is 0 Å². The summed E-state index contributed by atoms with van der Waals surface area (Å²) in [4.78, 5) is 20.4. The van der Waals surface area contributed by atoms with E-state index in [1.54, 1.807) is 50.8 Å². The number of fused-ring (bicyclic) bond motifs is 1. The molecule has 0 saturated heterocycles. The molecule has 10 heteroatoms. The Morgan fingerprint density at radius 1 is 0.806 bits per heavy atom. The van der Waals surface area contributed by atoms with Gasteiger partial charge in [-0.25, -0.2) is 9.97 Å². The maximum absolute atomic E-state index is 5.53. The van der Waals surface area contributed by atoms with Crippen LogP contribution in [0.15, 0.2) is 67.4 Å². The number of ether oxygens (including phenoxy) is 3. The Morgan fingerprint density at radius 3 is 2.28 bits per heavy atom. The van der Waals surface area contributed by atoms with Gasteiger partial charge in [-0.15, -0.1) is 0 Å². The van der Waals surface area contributed by atoms with Gasteiger partial charge in [0.2, 0.25) is 5.88 Å². The first-order chi connectivity index (χ1) is 17.6. The van der Waals surface area contributed by atoms with Crippen LogP contribution in [0.3, 0.4) is 0 Å². The van der Waals surface area contributed by atoms with E-state index in [0.29, 0.717) is 29.6 Å². The molecule has 2 aromatic carbocycles. The normalized spacial score (nSPS) is 10.9. The minimum Gasteiger partial charge on any atom is -0.497 e. The molecule has 0 bridgehead atoms. The lowest BCUT2D eigenvalue weighted by molar-refractivity contribution is 0.389. The van der Waals surface area contributed by atoms with E-state index in [9.17, 15) is 0 Å². The van der Waals surface area contributed by atoms with Crippen molar-refractivity contribution < 1.29 is 14.2 Å². The molecule has 0 N–H and O–H groups in total. The van der Waals surface area contributed by atoms with Crippen LogP contribution in [0, 0.1) is 0 Å². The molecule has 0 saturated carbocycles. The standard InChI is InChI=1S/C26H25N7O3/c1-32-15-17(13-30-32)24-14-29-22-6-5-18(11-23(22)31-24)33(16-25-26(36-4)28-8-7-27-25)19-9-20(34-2)12-21(10-19)35-3/h5-15H,16H2,1-4H3. The van der Waals surface area contributed by atoms with Crippen LogP contribution in [0.5, 0.6) is 17.4 Å². The first-order valence-corrected chi connectivity index (χ1v) is 11.2. The summed E-state index contributed by atoms with van der Waals surface area (Å²) >= 11 is 0. The topological polar surface area (TPSA) is 100 Å². The predicted molar refractivity (Wildman–Crippen MR) is 136 cm³/mol. The molecule has 0 spiro atoms. The monoisotopic (exact) mass is 483 g/mol. The average molecular weight is 484 g/mol. The van der Waals surface area contributed by atoms with Crippen LogP contribution < -0.4 is 19.1 Å². The maximum atomic E-state index is 5.53. The van der Waals surface area contributed by atoms with Gasteiger partial charge in [0, 0.05) is 60.8 Å². The molecule has 0 radical (unpaired) electrons. The summed E-state index contributed by atoms with van der Waals surface area (Å²) in [6, 6.07) is 11.6. The third kappa shape index (κ3) is 4.61. The molecule has 3 heterocycles. The van der Waals surface area contributed by atoms with Crippen molar-refractivity contribution in [1.82, 2.24) is 29.7 Å². The summed E-state index contributed by atoms with van der Waals surface area (Å²) in [5.41, 5.74) is 5.58. The van der Waals surface area contributed by atoms with Gasteiger partial charge in [0.1, 0.15) is 17.2 Å². The molecule has 36 heavy (non-hydrogen) atoms. The van der Waals surface area contributed by atoms with Crippen molar-refractivity contribution in [1.29, 1.82) is 0 Å². The fraction of sp³-hybridized carbons (Fsp3) is 0.192. The molecular formula is C26H25N7O3. The number of hydrogen-bond donors (Lipinski definition) is 0. The van der Waals surface area contributed by atoms with Crippen molar-refractivity contribution in [3.63, 3.8) is 0 Å². The van der Waals surface area contributed by atoms with Crippen molar-refractivity contribution in [2.24, 2.45) is 7.05 Å². The minimum absolute atomic E-state index is 0.383. The van der Waals surface area contributed by atoms with Gasteiger partial charge in [-0.3, -0.25) is 14.6 Å². The fourth-order valence-corrected chi connectivity index (χ4v) is 3.92. The lowest BCUT2D eigenvalue weighted by atomic mass is 10.1. The van der Waals surface area contributed by atoms with E-state index in [1.807, 2.05) is 49.6 Å². The summed E-state index contributed by atoms with van der Waals surface area (Å²) in [6.07, 6.45) is 8.69. The summed E-state index contributed by atoms with van der Waals surface area (Å²) in [6.45, 7) is 0.383. The quantitative estimate of drug-likeness (QED) is 0.322. The van der Waals surface area contributed by atoms with E-state index >= 15 is 0 Å². The number of hydrogen-bond acceptors (Lipinski definition) is 9. The lowest BCUT2D eigenvalue weighted by Gasteiger charge is -2.26. The molecule has 0 unspecified atom stereocenters. The van der Waals surface area contributed by atoms with Crippen LogP contribution in [0.1, 0.15) is 5.69 Å². The van der Waals surface area contributed by atoms with Crippen LogP contribution in [0.2, 0.25) is 0 Å². The van der Waals surface area contributed by atoms with E-state index in [1.165, 1.54) is 0 Å². The summed E-state index contributed by atoms with van der Waals surface area (Å²) in [5, 5.41) is 4.25. The smallest absolute Gasteiger partial charge is 0.237 e. The van der Waals surface area contributed by atoms with Crippen LogP contribution in [-0.4, -0.2) is 51.0 Å². The Labute approximate surface area is 208 Å². The van der Waals surface area contributed by atoms with Gasteiger partial charge in [0.15, 0.2) is 0 Å². The summed E-state index contributed by atoms with van der Waals surface area (Å²) < 4.78 is 18.3. The number of aromatic nitrogens is 6. The van der Waals surface area contributed by atoms with Gasteiger partial charge in [-0.1, -0.05) is 0 Å². The number of methoxy groups -OCH3 is 3. The Hall–Kier alpha value is -4.73. The second-order valence-electron chi connectivity index (χ2n) is 8.00. The Kier molecular flexibility index (Phi) is 6.31. The van der Waals surface area contributed by atoms with Gasteiger partial charge in [0.05, 0.1) is 57.0 Å². The van der Waals surface area contributed by atoms with Crippen molar-refractivity contribution in [3.05, 3.63) is 73.1 Å². The lowest BCUT2D eigenvalue weighted by Crippen LogP contribution is -2.18. The highest BCUT2D eigenvalue weighted by atomic mass is 16.5. The average Bonchev–Trinajstić information content (AvgIpc) is 3.37. The number of rotatable bonds is 8. The van der Waals surface area contributed by atoms with Crippen LogP contribution in [0.4, 0.5) is 11.4 Å². The van der Waals surface area contributed by atoms with Gasteiger partial charge in [0.25, 0.3) is 0 Å². The molecule has 0 aliphatic carbocycles. The molecule has 0 amide bonds. The maximum Gasteiger partial charge on any atom is 0.237 e. The number of aryl methyl sites for hydroxylation is 1. The van der Waals surface area contributed by atoms with E-state index in [2.05, 4.69) is 25.0 Å². The highest BCUT2D eigenvalue weighted by Crippen LogP contribution is 2.35. The molecule has 5 rings (SSSR count). The predicted octanol–water partition coefficient (Wildman–Crippen LogP) is 4.18. The van der Waals surface area contributed by atoms with E-state index in [0.717, 1.165) is 33.7 Å². The third-order valence-electron chi connectivity index (χ3n) is 5.72. The van der Waals surface area contributed by atoms with Gasteiger partial charge >= 0.3 is 0 Å². The van der Waals surface area contributed by atoms with Crippen molar-refractivity contribution in [3.8, 4) is 28.6 Å². The van der Waals surface area contributed by atoms with E-state index in [4.69, 9.17) is 19.2 Å². The van der Waals surface area contributed by atoms with E-state index < -0.39 is 0 Å². The molecule has 0 fully saturated rings. The molecule has 0 atom stereocenters. The largest absolute Gasteiger partial charge is 0.497 e. The van der Waals surface area contributed by atoms with E-state index in [-0.39, 0.29) is 0 Å². The number of nitrogens with zero attached hydrogens (tertiary/aromatic N) is 7. The first-order valence-electron chi connectivity index (χ1n) is 11.2. The third-order valence-corrected chi connectivity index (χ3v) is 5.72. The zero-order valence-corrected chi connectivity index (χ0v) is 20.4. The SMILES string of the molecule is COc1cc(OC)cc(N(Cc2nccnc2OC)c2ccc3ncc(-c4cnn(C)c4)nc3c2)c1. The second kappa shape index (κ2) is 9.87. The first kappa shape index (κ1) is 23.0. The zero-order valence-electron chi connectivity index (χ0n) is 20.4. The second-order valence-corrected chi connectivity index (χ2v) is 8.00. The zero-order chi connectivity index (χ0) is 25.1. The molecule has 182 valence electrons. The molecule has 10 nitrogen and oxygen atoms in total. The van der Waals surface area contributed by atoms with Crippen molar-refractivity contribution in [2.45, 2.75) is 6.54 Å². The minimum atomic E-state index is 0.383. The summed E-state index contributed by atoms with van der Waals surface area (Å²) in [7, 11) is 6.70. The molecule has 5 aromatic rings. The highest BCUT2D eigenvalue weighted by molar-refractivity contribution is 5.82. The number of anilines is 2. The van der Waals surface area contributed by atoms with Gasteiger partial charge in [-0.2, -0.15) is 5.10 Å². The summed E-state index contributed by atoms with van der Waals surface area (Å²) in [5.74, 6) is 1.79. The molecule has 3 aromatic heterocycles. The van der Waals surface area contributed by atoms with Crippen molar-refractivity contribution in [2.75, 3.05) is 26.2 Å². The molecular weight excluding hydrogens is 458 g/mol. The highest BCUT2D eigenvalue weighted by Gasteiger charge is 2.18. The Bertz CT molecular complexity index is 1500. The van der Waals surface area contributed by atoms with Gasteiger partial charge < -0.3 is 19.1 Å². The fourth-order valence-electron chi connectivity index (χ4n) is 3.92.